The van der Waals surface area contributed by atoms with Gasteiger partial charge < -0.3 is 25.7 Å². The number of phosphoric acid groups is 1. The van der Waals surface area contributed by atoms with Gasteiger partial charge in [0.05, 0.1) is 37.4 Å². The van der Waals surface area contributed by atoms with E-state index in [0.717, 1.165) is 7.11 Å². The highest BCUT2D eigenvalue weighted by Gasteiger charge is 2.54. The minimum absolute atomic E-state index is 0.0489. The maximum atomic E-state index is 16.5. The van der Waals surface area contributed by atoms with Gasteiger partial charge in [-0.05, 0) is 20.8 Å². The number of esters is 1. The van der Waals surface area contributed by atoms with Crippen LogP contribution in [0.25, 0.3) is 22.3 Å². The molecule has 0 aliphatic carbocycles. The molecule has 4 aromatic heterocycles. The van der Waals surface area contributed by atoms with Crippen LogP contribution in [0.15, 0.2) is 25.3 Å². The third-order valence-corrected chi connectivity index (χ3v) is 13.6. The van der Waals surface area contributed by atoms with Gasteiger partial charge in [0.25, 0.3) is 0 Å². The van der Waals surface area contributed by atoms with Crippen LogP contribution < -0.4 is 11.5 Å². The number of carbonyl (C=O) groups excluding carboxylic acids is 1. The number of anilines is 2. The fourth-order valence-electron chi connectivity index (χ4n) is 5.92. The summed E-state index contributed by atoms with van der Waals surface area (Å²) >= 11 is 0.581. The van der Waals surface area contributed by atoms with Gasteiger partial charge in [0.1, 0.15) is 47.9 Å². The van der Waals surface area contributed by atoms with Crippen LogP contribution in [0.2, 0.25) is 0 Å². The fourth-order valence-corrected chi connectivity index (χ4v) is 9.89. The zero-order valence-corrected chi connectivity index (χ0v) is 31.6. The van der Waals surface area contributed by atoms with Crippen LogP contribution in [0, 0.1) is 11.3 Å². The number of nitrogens with two attached hydrogens (primary N) is 2. The summed E-state index contributed by atoms with van der Waals surface area (Å²) in [5, 5.41) is 0. The van der Waals surface area contributed by atoms with Crippen molar-refractivity contribution < 1.29 is 55.1 Å². The number of imidazole rings is 2. The van der Waals surface area contributed by atoms with Gasteiger partial charge in [-0.1, -0.05) is 6.92 Å². The van der Waals surface area contributed by atoms with Crippen LogP contribution in [0.1, 0.15) is 40.2 Å². The number of rotatable bonds is 6. The number of aromatic nitrogens is 8. The SMILES string of the molecule is COP1(=O)OCC2O[C@@H](n3cnc4c(N)ncnc43)C(OP(=O)(SCOC(=O)C(C)(C)C)OCC3O[C@@H](n4cnc5c(N)ncnc54)C(F)[C@H]3O1)C2C. The Labute approximate surface area is 304 Å². The number of hydrogen-bond donors (Lipinski definition) is 2. The predicted molar refractivity (Wildman–Crippen MR) is 183 cm³/mol. The molecule has 3 aliphatic rings. The maximum absolute atomic E-state index is 16.5. The van der Waals surface area contributed by atoms with Gasteiger partial charge in [0.2, 0.25) is 0 Å². The molecule has 7 heterocycles. The van der Waals surface area contributed by atoms with E-state index in [4.69, 9.17) is 48.3 Å². The first-order valence-corrected chi connectivity index (χ1v) is 20.8. The van der Waals surface area contributed by atoms with Gasteiger partial charge in [-0.25, -0.2) is 43.4 Å². The number of ether oxygens (including phenoxy) is 3. The average molecular weight is 803 g/mol. The molecule has 3 aliphatic heterocycles. The molecule has 4 aromatic rings. The van der Waals surface area contributed by atoms with E-state index in [9.17, 15) is 13.9 Å². The number of carbonyl (C=O) groups is 1. The largest absolute Gasteiger partial charge is 0.475 e. The van der Waals surface area contributed by atoms with Crippen LogP contribution in [-0.2, 0) is 50.8 Å². The van der Waals surface area contributed by atoms with Crippen LogP contribution in [0.5, 0.6) is 0 Å². The summed E-state index contributed by atoms with van der Waals surface area (Å²) < 4.78 is 94.8. The normalized spacial score (nSPS) is 34.0. The number of alkyl halides is 1. The molecular formula is C28H37FN10O11P2S. The van der Waals surface area contributed by atoms with Crippen molar-refractivity contribution in [2.45, 2.75) is 70.7 Å². The number of fused-ring (bicyclic) bond motifs is 5. The van der Waals surface area contributed by atoms with E-state index in [1.807, 2.05) is 0 Å². The molecule has 53 heavy (non-hydrogen) atoms. The summed E-state index contributed by atoms with van der Waals surface area (Å²) in [6.07, 6.45) is -4.59. The van der Waals surface area contributed by atoms with E-state index in [1.54, 1.807) is 27.7 Å². The molecule has 0 aromatic carbocycles. The number of phosphoric ester groups is 1. The summed E-state index contributed by atoms with van der Waals surface area (Å²) in [4.78, 5) is 37.4. The molecule has 0 spiro atoms. The Morgan fingerprint density at radius 3 is 2.09 bits per heavy atom. The fraction of sp³-hybridized carbons (Fsp3) is 0.607. The van der Waals surface area contributed by atoms with Crippen molar-refractivity contribution >= 4 is 65.9 Å². The first-order chi connectivity index (χ1) is 25.1. The monoisotopic (exact) mass is 802 g/mol. The summed E-state index contributed by atoms with van der Waals surface area (Å²) in [6.45, 7) is 1.26. The van der Waals surface area contributed by atoms with E-state index < -0.39 is 94.1 Å². The molecule has 288 valence electrons. The molecule has 3 fully saturated rings. The Hall–Kier alpha value is -3.37. The van der Waals surface area contributed by atoms with Crippen molar-refractivity contribution in [1.29, 1.82) is 0 Å². The van der Waals surface area contributed by atoms with E-state index in [-0.39, 0.29) is 34.0 Å². The minimum Gasteiger partial charge on any atom is -0.454 e. The second-order valence-electron chi connectivity index (χ2n) is 13.3. The molecule has 0 amide bonds. The Morgan fingerprint density at radius 1 is 0.906 bits per heavy atom. The standard InChI is InChI=1S/C28H37FN10O11P2S/c1-13-14-6-45-51(41,43-5)49-20-15(48-25(16(20)29)38-10-36-17-21(30)32-8-34-23(17)38)7-46-52(42,53-12-44-27(40)28(2,3)4)50-19(13)26(47-14)39-11-37-18-22(31)33-9-35-24(18)39/h8-11,13-16,19-20,25-26H,6-7,12H2,1-5H3,(H2,30,32,34)(H2,31,33,35)/t13?,14?,15?,16?,19?,20-,25+,26+,51?,52?/m0/s1. The lowest BCUT2D eigenvalue weighted by atomic mass is 9.98. The van der Waals surface area contributed by atoms with Crippen molar-refractivity contribution in [3.8, 4) is 0 Å². The Morgan fingerprint density at radius 2 is 1.49 bits per heavy atom. The molecule has 2 bridgehead atoms. The summed E-state index contributed by atoms with van der Waals surface area (Å²) in [5.74, 6) is -1.49. The van der Waals surface area contributed by atoms with Gasteiger partial charge in [0, 0.05) is 24.4 Å². The lowest BCUT2D eigenvalue weighted by Gasteiger charge is -2.28. The molecule has 3 saturated heterocycles. The number of nitrogen functional groups attached to an aromatic ring is 2. The van der Waals surface area contributed by atoms with Gasteiger partial charge in [-0.15, -0.1) is 0 Å². The van der Waals surface area contributed by atoms with Crippen LogP contribution in [-0.4, -0.2) is 102 Å². The highest BCUT2D eigenvalue weighted by molar-refractivity contribution is 8.55. The first kappa shape index (κ1) is 37.9. The quantitative estimate of drug-likeness (QED) is 0.160. The zero-order chi connectivity index (χ0) is 37.9. The van der Waals surface area contributed by atoms with Crippen molar-refractivity contribution in [1.82, 2.24) is 39.0 Å². The smallest absolute Gasteiger partial charge is 0.454 e. The first-order valence-electron chi connectivity index (χ1n) is 16.2. The second-order valence-corrected chi connectivity index (χ2v) is 19.0. The third-order valence-electron chi connectivity index (χ3n) is 8.82. The van der Waals surface area contributed by atoms with E-state index >= 15 is 4.39 Å². The number of hydrogen-bond acceptors (Lipinski definition) is 20. The molecule has 4 N–H and O–H groups in total. The maximum Gasteiger partial charge on any atom is 0.475 e. The lowest BCUT2D eigenvalue weighted by Crippen LogP contribution is -2.34. The van der Waals surface area contributed by atoms with Gasteiger partial charge >= 0.3 is 20.6 Å². The van der Waals surface area contributed by atoms with Crippen molar-refractivity contribution in [2.75, 3.05) is 37.7 Å². The highest BCUT2D eigenvalue weighted by atomic mass is 32.7. The van der Waals surface area contributed by atoms with Crippen LogP contribution in [0.3, 0.4) is 0 Å². The lowest BCUT2D eigenvalue weighted by molar-refractivity contribution is -0.150. The highest BCUT2D eigenvalue weighted by Crippen LogP contribution is 2.65. The van der Waals surface area contributed by atoms with Gasteiger partial charge in [-0.3, -0.25) is 36.5 Å². The Bertz CT molecular complexity index is 2100. The average Bonchev–Trinajstić information content (AvgIpc) is 3.88. The molecule has 21 nitrogen and oxygen atoms in total. The Balaban J connectivity index is 1.25. The number of nitrogens with zero attached hydrogens (tertiary/aromatic N) is 8. The zero-order valence-electron chi connectivity index (χ0n) is 29.0. The molecule has 0 saturated carbocycles. The second kappa shape index (κ2) is 14.4. The van der Waals surface area contributed by atoms with E-state index in [1.165, 1.54) is 34.4 Å². The van der Waals surface area contributed by atoms with Crippen molar-refractivity contribution in [3.63, 3.8) is 0 Å². The minimum atomic E-state index is -4.54. The van der Waals surface area contributed by atoms with Gasteiger partial charge in [0.15, 0.2) is 41.6 Å². The summed E-state index contributed by atoms with van der Waals surface area (Å²) in [6, 6.07) is 0. The summed E-state index contributed by atoms with van der Waals surface area (Å²) in [5.41, 5.74) is 12.0. The molecule has 7 unspecified atom stereocenters. The van der Waals surface area contributed by atoms with Crippen molar-refractivity contribution in [2.24, 2.45) is 11.3 Å². The molecule has 7 rings (SSSR count). The summed E-state index contributed by atoms with van der Waals surface area (Å²) in [7, 11) is -3.47. The van der Waals surface area contributed by atoms with E-state index in [0.29, 0.717) is 11.4 Å². The molecular weight excluding hydrogens is 765 g/mol. The third kappa shape index (κ3) is 7.27. The molecule has 0 radical (unpaired) electrons. The van der Waals surface area contributed by atoms with Crippen LogP contribution >= 0.6 is 26.0 Å². The Kier molecular flexibility index (Phi) is 10.3. The van der Waals surface area contributed by atoms with Crippen LogP contribution in [0.4, 0.5) is 16.0 Å². The molecule has 10 atom stereocenters. The molecule has 25 heteroatoms. The topological polar surface area (TPSA) is 264 Å². The van der Waals surface area contributed by atoms with E-state index in [2.05, 4.69) is 29.9 Å². The van der Waals surface area contributed by atoms with Crippen molar-refractivity contribution in [3.05, 3.63) is 25.3 Å². The predicted octanol–water partition coefficient (Wildman–Crippen LogP) is 3.56. The number of halogens is 1. The van der Waals surface area contributed by atoms with Gasteiger partial charge in [-0.2, -0.15) is 0 Å².